The number of nitrogens with one attached hydrogen (secondary N) is 1. The molecule has 22 heavy (non-hydrogen) atoms. The van der Waals surface area contributed by atoms with Gasteiger partial charge in [-0.2, -0.15) is 0 Å². The Labute approximate surface area is 128 Å². The lowest BCUT2D eigenvalue weighted by Crippen LogP contribution is -2.07. The predicted octanol–water partition coefficient (Wildman–Crippen LogP) is 4.36. The molecule has 0 aliphatic rings. The van der Waals surface area contributed by atoms with Gasteiger partial charge in [0.15, 0.2) is 0 Å². The molecule has 0 spiro atoms. The molecule has 0 aliphatic heterocycles. The van der Waals surface area contributed by atoms with Crippen molar-refractivity contribution < 1.29 is 8.81 Å². The zero-order valence-corrected chi connectivity index (χ0v) is 12.4. The minimum absolute atomic E-state index is 0.216. The first-order chi connectivity index (χ1) is 10.6. The van der Waals surface area contributed by atoms with Crippen molar-refractivity contribution in [2.45, 2.75) is 19.9 Å². The smallest absolute Gasteiger partial charge is 0.247 e. The van der Waals surface area contributed by atoms with Crippen LogP contribution in [-0.2, 0) is 0 Å². The SMILES string of the molecule is Cc1ccc(N[C@H](C)c2nnc(-c3ccccc3)o2)cc1F. The molecule has 5 heteroatoms. The Balaban J connectivity index is 1.77. The first-order valence-electron chi connectivity index (χ1n) is 7.05. The number of aryl methyl sites for hydroxylation is 1. The third kappa shape index (κ3) is 2.98. The van der Waals surface area contributed by atoms with Gasteiger partial charge in [0.05, 0.1) is 0 Å². The molecule has 3 rings (SSSR count). The van der Waals surface area contributed by atoms with Gasteiger partial charge in [0, 0.05) is 11.3 Å². The summed E-state index contributed by atoms with van der Waals surface area (Å²) in [5.74, 6) is 0.687. The largest absolute Gasteiger partial charge is 0.418 e. The molecule has 1 heterocycles. The Kier molecular flexibility index (Phi) is 3.87. The van der Waals surface area contributed by atoms with E-state index in [-0.39, 0.29) is 11.9 Å². The molecule has 1 atom stereocenters. The fourth-order valence-electron chi connectivity index (χ4n) is 2.10. The molecule has 0 saturated heterocycles. The molecule has 0 radical (unpaired) electrons. The normalized spacial score (nSPS) is 12.1. The number of nitrogens with zero attached hydrogens (tertiary/aromatic N) is 2. The average Bonchev–Trinajstić information content (AvgIpc) is 3.02. The highest BCUT2D eigenvalue weighted by molar-refractivity contribution is 5.52. The quantitative estimate of drug-likeness (QED) is 0.777. The molecule has 112 valence electrons. The third-order valence-electron chi connectivity index (χ3n) is 3.39. The number of aromatic nitrogens is 2. The zero-order valence-electron chi connectivity index (χ0n) is 12.4. The molecular weight excluding hydrogens is 281 g/mol. The van der Waals surface area contributed by atoms with E-state index in [4.69, 9.17) is 4.42 Å². The van der Waals surface area contributed by atoms with Crippen molar-refractivity contribution in [3.8, 4) is 11.5 Å². The van der Waals surface area contributed by atoms with Crippen LogP contribution in [0.25, 0.3) is 11.5 Å². The first kappa shape index (κ1) is 14.3. The lowest BCUT2D eigenvalue weighted by molar-refractivity contribution is 0.485. The van der Waals surface area contributed by atoms with Crippen molar-refractivity contribution in [2.75, 3.05) is 5.32 Å². The molecule has 0 unspecified atom stereocenters. The molecule has 3 aromatic rings. The highest BCUT2D eigenvalue weighted by Gasteiger charge is 2.15. The van der Waals surface area contributed by atoms with Crippen LogP contribution in [0.1, 0.15) is 24.4 Å². The van der Waals surface area contributed by atoms with E-state index in [0.717, 1.165) is 5.56 Å². The summed E-state index contributed by atoms with van der Waals surface area (Å²) in [6, 6.07) is 14.4. The van der Waals surface area contributed by atoms with Gasteiger partial charge in [-0.25, -0.2) is 4.39 Å². The molecule has 0 bridgehead atoms. The van der Waals surface area contributed by atoms with Crippen molar-refractivity contribution in [1.29, 1.82) is 0 Å². The number of hydrogen-bond acceptors (Lipinski definition) is 4. The van der Waals surface area contributed by atoms with E-state index in [1.165, 1.54) is 6.07 Å². The van der Waals surface area contributed by atoms with Crippen LogP contribution in [0, 0.1) is 12.7 Å². The van der Waals surface area contributed by atoms with E-state index in [2.05, 4.69) is 15.5 Å². The molecule has 0 amide bonds. The second-order valence-corrected chi connectivity index (χ2v) is 5.14. The van der Waals surface area contributed by atoms with Crippen LogP contribution in [0.4, 0.5) is 10.1 Å². The van der Waals surface area contributed by atoms with Gasteiger partial charge in [-0.15, -0.1) is 10.2 Å². The standard InChI is InChI=1S/C17H16FN3O/c1-11-8-9-14(10-15(11)18)19-12(2)16-20-21-17(22-16)13-6-4-3-5-7-13/h3-10,12,19H,1-2H3/t12-/m1/s1. The summed E-state index contributed by atoms with van der Waals surface area (Å²) in [6.45, 7) is 3.62. The topological polar surface area (TPSA) is 51.0 Å². The maximum Gasteiger partial charge on any atom is 0.247 e. The molecule has 1 N–H and O–H groups in total. The van der Waals surface area contributed by atoms with Crippen molar-refractivity contribution >= 4 is 5.69 Å². The van der Waals surface area contributed by atoms with Crippen LogP contribution in [0.3, 0.4) is 0 Å². The lowest BCUT2D eigenvalue weighted by atomic mass is 10.2. The summed E-state index contributed by atoms with van der Waals surface area (Å²) < 4.78 is 19.2. The van der Waals surface area contributed by atoms with Gasteiger partial charge in [0.1, 0.15) is 11.9 Å². The van der Waals surface area contributed by atoms with E-state index in [9.17, 15) is 4.39 Å². The summed E-state index contributed by atoms with van der Waals surface area (Å²) in [6.07, 6.45) is 0. The number of anilines is 1. The van der Waals surface area contributed by atoms with Gasteiger partial charge in [-0.1, -0.05) is 24.3 Å². The van der Waals surface area contributed by atoms with Crippen LogP contribution in [0.2, 0.25) is 0 Å². The summed E-state index contributed by atoms with van der Waals surface area (Å²) in [7, 11) is 0. The Morgan fingerprint density at radius 3 is 2.59 bits per heavy atom. The summed E-state index contributed by atoms with van der Waals surface area (Å²) in [4.78, 5) is 0. The van der Waals surface area contributed by atoms with Crippen LogP contribution in [0.15, 0.2) is 52.9 Å². The second kappa shape index (κ2) is 5.97. The van der Waals surface area contributed by atoms with Gasteiger partial charge >= 0.3 is 0 Å². The molecular formula is C17H16FN3O. The van der Waals surface area contributed by atoms with E-state index in [1.807, 2.05) is 43.3 Å². The Bertz CT molecular complexity index is 771. The van der Waals surface area contributed by atoms with E-state index >= 15 is 0 Å². The van der Waals surface area contributed by atoms with Crippen molar-refractivity contribution in [3.63, 3.8) is 0 Å². The fraction of sp³-hybridized carbons (Fsp3) is 0.176. The van der Waals surface area contributed by atoms with Crippen LogP contribution in [-0.4, -0.2) is 10.2 Å². The van der Waals surface area contributed by atoms with Crippen LogP contribution >= 0.6 is 0 Å². The lowest BCUT2D eigenvalue weighted by Gasteiger charge is -2.11. The summed E-state index contributed by atoms with van der Waals surface area (Å²) >= 11 is 0. The maximum atomic E-state index is 13.6. The molecule has 2 aromatic carbocycles. The average molecular weight is 297 g/mol. The highest BCUT2D eigenvalue weighted by Crippen LogP contribution is 2.23. The van der Waals surface area contributed by atoms with Gasteiger partial charge in [-0.05, 0) is 43.7 Å². The minimum Gasteiger partial charge on any atom is -0.418 e. The fourth-order valence-corrected chi connectivity index (χ4v) is 2.10. The van der Waals surface area contributed by atoms with Crippen LogP contribution < -0.4 is 5.32 Å². The van der Waals surface area contributed by atoms with Crippen LogP contribution in [0.5, 0.6) is 0 Å². The molecule has 4 nitrogen and oxygen atoms in total. The minimum atomic E-state index is -0.243. The second-order valence-electron chi connectivity index (χ2n) is 5.14. The van der Waals surface area contributed by atoms with Gasteiger partial charge in [0.2, 0.25) is 11.8 Å². The number of rotatable bonds is 4. The Morgan fingerprint density at radius 1 is 1.09 bits per heavy atom. The number of halogens is 1. The number of benzene rings is 2. The van der Waals surface area contributed by atoms with Gasteiger partial charge in [0.25, 0.3) is 0 Å². The first-order valence-corrected chi connectivity index (χ1v) is 7.05. The molecule has 1 aromatic heterocycles. The highest BCUT2D eigenvalue weighted by atomic mass is 19.1. The zero-order chi connectivity index (χ0) is 15.5. The third-order valence-corrected chi connectivity index (χ3v) is 3.39. The van der Waals surface area contributed by atoms with E-state index in [1.54, 1.807) is 13.0 Å². The summed E-state index contributed by atoms with van der Waals surface area (Å²) in [5.41, 5.74) is 2.16. The molecule has 0 fully saturated rings. The molecule has 0 aliphatic carbocycles. The summed E-state index contributed by atoms with van der Waals surface area (Å²) in [5, 5.41) is 11.3. The van der Waals surface area contributed by atoms with E-state index < -0.39 is 0 Å². The van der Waals surface area contributed by atoms with Gasteiger partial charge in [-0.3, -0.25) is 0 Å². The molecule has 0 saturated carbocycles. The Morgan fingerprint density at radius 2 is 1.86 bits per heavy atom. The van der Waals surface area contributed by atoms with Crippen molar-refractivity contribution in [3.05, 3.63) is 65.8 Å². The van der Waals surface area contributed by atoms with Crippen molar-refractivity contribution in [2.24, 2.45) is 0 Å². The predicted molar refractivity (Wildman–Crippen MR) is 82.9 cm³/mol. The van der Waals surface area contributed by atoms with Crippen molar-refractivity contribution in [1.82, 2.24) is 10.2 Å². The monoisotopic (exact) mass is 297 g/mol. The number of hydrogen-bond donors (Lipinski definition) is 1. The maximum absolute atomic E-state index is 13.6. The van der Waals surface area contributed by atoms with Gasteiger partial charge < -0.3 is 9.73 Å². The Hall–Kier alpha value is -2.69. The van der Waals surface area contributed by atoms with E-state index in [0.29, 0.717) is 23.0 Å².